The molecule has 6 rings (SSSR count). The summed E-state index contributed by atoms with van der Waals surface area (Å²) in [5, 5.41) is 3.97. The molecule has 6 aromatic rings. The maximum absolute atomic E-state index is 4.65. The van der Waals surface area contributed by atoms with Gasteiger partial charge in [0, 0.05) is 52.7 Å². The number of nitrogens with zero attached hydrogens (tertiary/aromatic N) is 2. The number of fused-ring (bicyclic) bond motifs is 3. The minimum absolute atomic E-state index is 0. The Morgan fingerprint density at radius 3 is 1.95 bits per heavy atom. The Hall–Kier alpha value is -2.95. The molecule has 1 radical (unpaired) electrons. The van der Waals surface area contributed by atoms with E-state index in [0.29, 0.717) is 5.92 Å². The van der Waals surface area contributed by atoms with Crippen LogP contribution in [0.4, 0.5) is 0 Å². The van der Waals surface area contributed by atoms with Crippen molar-refractivity contribution in [2.24, 2.45) is 0 Å². The second kappa shape index (κ2) is 12.5. The summed E-state index contributed by atoms with van der Waals surface area (Å²) in [4.78, 5) is 9.17. The van der Waals surface area contributed by atoms with Crippen LogP contribution in [0.5, 0.6) is 0 Å². The summed E-state index contributed by atoms with van der Waals surface area (Å²) in [6.45, 7) is 11.5. The summed E-state index contributed by atoms with van der Waals surface area (Å²) in [7, 11) is -1.23. The van der Waals surface area contributed by atoms with Crippen molar-refractivity contribution in [1.29, 1.82) is 0 Å². The molecule has 2 nitrogen and oxygen atoms in total. The minimum Gasteiger partial charge on any atom is -0.305 e. The molecule has 0 aliphatic heterocycles. The van der Waals surface area contributed by atoms with Gasteiger partial charge in [-0.25, -0.2) is 0 Å². The van der Waals surface area contributed by atoms with Gasteiger partial charge in [0.25, 0.3) is 0 Å². The maximum atomic E-state index is 4.65. The van der Waals surface area contributed by atoms with Crippen molar-refractivity contribution in [2.45, 2.75) is 39.4 Å². The Morgan fingerprint density at radius 2 is 1.38 bits per heavy atom. The first-order valence-corrected chi connectivity index (χ1v) is 17.3. The van der Waals surface area contributed by atoms with E-state index in [1.165, 1.54) is 30.9 Å². The van der Waals surface area contributed by atoms with Crippen molar-refractivity contribution in [3.05, 3.63) is 115 Å². The number of pyridine rings is 2. The summed E-state index contributed by atoms with van der Waals surface area (Å²) in [5.41, 5.74) is 5.52. The molecule has 39 heavy (non-hydrogen) atoms. The van der Waals surface area contributed by atoms with Crippen LogP contribution in [0, 0.1) is 12.1 Å². The molecule has 0 aliphatic carbocycles. The third-order valence-electron chi connectivity index (χ3n) is 6.64. The zero-order valence-electron chi connectivity index (χ0n) is 23.0. The molecule has 5 heteroatoms. The molecule has 0 saturated heterocycles. The first kappa shape index (κ1) is 29.0. The molecule has 0 unspecified atom stereocenters. The van der Waals surface area contributed by atoms with E-state index in [1.54, 1.807) is 0 Å². The molecular formula is C34H32IrN2SSi-2. The zero-order valence-corrected chi connectivity index (χ0v) is 27.2. The van der Waals surface area contributed by atoms with Crippen LogP contribution in [-0.2, 0) is 20.1 Å². The van der Waals surface area contributed by atoms with Crippen molar-refractivity contribution in [3.8, 4) is 22.5 Å². The first-order chi connectivity index (χ1) is 18.3. The van der Waals surface area contributed by atoms with E-state index in [0.717, 1.165) is 22.5 Å². The smallest absolute Gasteiger partial charge is 0.0795 e. The summed E-state index contributed by atoms with van der Waals surface area (Å²) in [5.74, 6) is 0.534. The van der Waals surface area contributed by atoms with Crippen LogP contribution in [0.2, 0.25) is 19.6 Å². The van der Waals surface area contributed by atoms with E-state index in [9.17, 15) is 0 Å². The molecule has 199 valence electrons. The van der Waals surface area contributed by atoms with Gasteiger partial charge in [0.15, 0.2) is 0 Å². The monoisotopic (exact) mass is 721 g/mol. The topological polar surface area (TPSA) is 25.8 Å². The van der Waals surface area contributed by atoms with Crippen LogP contribution >= 0.6 is 11.3 Å². The fourth-order valence-corrected chi connectivity index (χ4v) is 6.83. The molecule has 0 saturated carbocycles. The van der Waals surface area contributed by atoms with Crippen molar-refractivity contribution in [3.63, 3.8) is 0 Å². The molecule has 3 heterocycles. The van der Waals surface area contributed by atoms with Crippen LogP contribution in [0.1, 0.15) is 25.3 Å². The van der Waals surface area contributed by atoms with Crippen LogP contribution in [-0.4, -0.2) is 18.0 Å². The molecule has 0 spiro atoms. The maximum Gasteiger partial charge on any atom is 0.0795 e. The van der Waals surface area contributed by atoms with Gasteiger partial charge in [-0.2, -0.15) is 0 Å². The standard InChI is InChI=1S/C20H16NS.C14H16NSi.Ir/c1-13(2)15-9-6-10-16-17-12-21-18(11-19(17)22-20(15)16)14-7-4-3-5-8-14;1-16(2,3)13-9-10-14(15-11-13)12-7-5-4-6-8-12;/h3-7,9-13H,1-2H3;4-7,9-11H,1-3H3;/q2*-1;. The third-order valence-corrected chi connectivity index (χ3v) is 9.88. The fraction of sp³-hybridized carbons (Fsp3) is 0.176. The molecule has 3 aromatic heterocycles. The number of hydrogen-bond acceptors (Lipinski definition) is 3. The average molecular weight is 721 g/mol. The average Bonchev–Trinajstić information content (AvgIpc) is 3.32. The van der Waals surface area contributed by atoms with Gasteiger partial charge in [-0.15, -0.1) is 83.1 Å². The van der Waals surface area contributed by atoms with Gasteiger partial charge in [0.1, 0.15) is 0 Å². The molecule has 3 aromatic carbocycles. The van der Waals surface area contributed by atoms with E-state index >= 15 is 0 Å². The van der Waals surface area contributed by atoms with Gasteiger partial charge in [-0.1, -0.05) is 69.9 Å². The van der Waals surface area contributed by atoms with Gasteiger partial charge in [0.2, 0.25) is 0 Å². The van der Waals surface area contributed by atoms with Gasteiger partial charge >= 0.3 is 0 Å². The van der Waals surface area contributed by atoms with E-state index in [4.69, 9.17) is 0 Å². The Bertz CT molecular complexity index is 1660. The summed E-state index contributed by atoms with van der Waals surface area (Å²) < 4.78 is 2.69. The Kier molecular flexibility index (Phi) is 9.29. The number of thiophene rings is 1. The SMILES string of the molecule is CC(C)c1cccc2c1sc1cc(-c3[c-]cccc3)ncc12.C[Si](C)(C)c1ccc(-c2[c-]cccc2)nc1.[Ir]. The summed E-state index contributed by atoms with van der Waals surface area (Å²) in [6.07, 6.45) is 4.02. The predicted octanol–water partition coefficient (Wildman–Crippen LogP) is 9.13. The van der Waals surface area contributed by atoms with E-state index in [1.807, 2.05) is 66.2 Å². The molecular weight excluding hydrogens is 689 g/mol. The molecule has 0 aliphatic rings. The van der Waals surface area contributed by atoms with Gasteiger partial charge in [-0.05, 0) is 28.1 Å². The Labute approximate surface area is 250 Å². The van der Waals surface area contributed by atoms with Crippen molar-refractivity contribution in [1.82, 2.24) is 9.97 Å². The van der Waals surface area contributed by atoms with E-state index < -0.39 is 8.07 Å². The van der Waals surface area contributed by atoms with Crippen LogP contribution in [0.3, 0.4) is 0 Å². The molecule has 0 bridgehead atoms. The normalized spacial score (nSPS) is 11.2. The molecule has 0 fully saturated rings. The van der Waals surface area contributed by atoms with E-state index in [-0.39, 0.29) is 20.1 Å². The first-order valence-electron chi connectivity index (χ1n) is 13.0. The van der Waals surface area contributed by atoms with Gasteiger partial charge < -0.3 is 9.97 Å². The van der Waals surface area contributed by atoms with Gasteiger partial charge in [0.05, 0.1) is 8.07 Å². The predicted molar refractivity (Wildman–Crippen MR) is 167 cm³/mol. The van der Waals surface area contributed by atoms with Crippen molar-refractivity contribution < 1.29 is 20.1 Å². The minimum atomic E-state index is -1.23. The zero-order chi connectivity index (χ0) is 26.7. The summed E-state index contributed by atoms with van der Waals surface area (Å²) >= 11 is 1.87. The van der Waals surface area contributed by atoms with Gasteiger partial charge in [-0.3, -0.25) is 0 Å². The Morgan fingerprint density at radius 1 is 0.718 bits per heavy atom. The number of hydrogen-bond donors (Lipinski definition) is 0. The number of aromatic nitrogens is 2. The quantitative estimate of drug-likeness (QED) is 0.134. The second-order valence-electron chi connectivity index (χ2n) is 10.8. The van der Waals surface area contributed by atoms with Crippen LogP contribution < -0.4 is 5.19 Å². The third kappa shape index (κ3) is 6.62. The fourth-order valence-electron chi connectivity index (χ4n) is 4.42. The summed E-state index contributed by atoms with van der Waals surface area (Å²) in [6, 6.07) is 35.5. The number of rotatable bonds is 4. The van der Waals surface area contributed by atoms with E-state index in [2.05, 4.69) is 98.1 Å². The van der Waals surface area contributed by atoms with Crippen molar-refractivity contribution >= 4 is 44.8 Å². The number of benzene rings is 3. The second-order valence-corrected chi connectivity index (χ2v) is 16.9. The largest absolute Gasteiger partial charge is 0.305 e. The molecule has 0 atom stereocenters. The molecule has 0 N–H and O–H groups in total. The van der Waals surface area contributed by atoms with Crippen LogP contribution in [0.15, 0.2) is 97.3 Å². The van der Waals surface area contributed by atoms with Crippen molar-refractivity contribution in [2.75, 3.05) is 0 Å². The Balaban J connectivity index is 0.000000186. The molecule has 0 amide bonds. The van der Waals surface area contributed by atoms with Crippen LogP contribution in [0.25, 0.3) is 42.7 Å².